The Labute approximate surface area is 116 Å². The van der Waals surface area contributed by atoms with Crippen LogP contribution in [0.2, 0.25) is 0 Å². The van der Waals surface area contributed by atoms with Crippen molar-refractivity contribution in [3.8, 4) is 0 Å². The molecule has 1 aromatic rings. The zero-order chi connectivity index (χ0) is 13.0. The monoisotopic (exact) mass is 294 g/mol. The lowest BCUT2D eigenvalue weighted by molar-refractivity contribution is 0.167. The summed E-state index contributed by atoms with van der Waals surface area (Å²) in [5, 5.41) is -0.270. The van der Waals surface area contributed by atoms with Crippen molar-refractivity contribution in [2.45, 2.75) is 31.2 Å². The van der Waals surface area contributed by atoms with Crippen LogP contribution in [-0.4, -0.2) is 5.43 Å². The van der Waals surface area contributed by atoms with E-state index in [1.54, 1.807) is 0 Å². The van der Waals surface area contributed by atoms with Gasteiger partial charge in [0.1, 0.15) is 6.61 Å². The molecule has 94 valence electrons. The molecule has 0 N–H and O–H groups in total. The number of hydrogen-bond acceptors (Lipinski definition) is 2. The van der Waals surface area contributed by atoms with Gasteiger partial charge in [0, 0.05) is 11.6 Å². The lowest BCUT2D eigenvalue weighted by atomic mass is 10.00. The molecule has 1 aromatic carbocycles. The van der Waals surface area contributed by atoms with Crippen molar-refractivity contribution >= 4 is 40.2 Å². The molecule has 0 spiro atoms. The number of benzene rings is 1. The van der Waals surface area contributed by atoms with Gasteiger partial charge in [0.15, 0.2) is 0 Å². The first-order valence-corrected chi connectivity index (χ1v) is 6.40. The third kappa shape index (κ3) is 4.38. The normalized spacial score (nSPS) is 14.2. The lowest BCUT2D eigenvalue weighted by Gasteiger charge is -2.15. The highest BCUT2D eigenvalue weighted by Gasteiger charge is 2.13. The van der Waals surface area contributed by atoms with Crippen LogP contribution in [0.25, 0.3) is 0 Å². The van der Waals surface area contributed by atoms with Crippen molar-refractivity contribution < 1.29 is 9.53 Å². The maximum Gasteiger partial charge on any atom is 0.404 e. The molecule has 1 rings (SSSR count). The van der Waals surface area contributed by atoms with E-state index in [0.29, 0.717) is 0 Å². The SMILES string of the molecule is CC(Cl)c1ccc(COC(=O)Cl)cc1C(C)Cl. The van der Waals surface area contributed by atoms with Crippen molar-refractivity contribution in [1.82, 2.24) is 0 Å². The molecule has 0 aliphatic carbocycles. The number of halogens is 3. The molecule has 2 unspecified atom stereocenters. The Morgan fingerprint density at radius 1 is 1.24 bits per heavy atom. The molecular formula is C12H13Cl3O2. The van der Waals surface area contributed by atoms with Crippen molar-refractivity contribution in [3.63, 3.8) is 0 Å². The number of ether oxygens (including phenoxy) is 1. The van der Waals surface area contributed by atoms with Crippen LogP contribution >= 0.6 is 34.8 Å². The minimum Gasteiger partial charge on any atom is -0.449 e. The van der Waals surface area contributed by atoms with Gasteiger partial charge in [-0.05, 0) is 30.5 Å². The fraction of sp³-hybridized carbons (Fsp3) is 0.417. The molecule has 2 atom stereocenters. The second kappa shape index (κ2) is 6.48. The van der Waals surface area contributed by atoms with Gasteiger partial charge in [-0.2, -0.15) is 0 Å². The Hall–Kier alpha value is -0.440. The van der Waals surface area contributed by atoms with Gasteiger partial charge in [-0.25, -0.2) is 4.79 Å². The molecule has 0 amide bonds. The summed E-state index contributed by atoms with van der Waals surface area (Å²) >= 11 is 17.3. The van der Waals surface area contributed by atoms with Gasteiger partial charge in [-0.15, -0.1) is 23.2 Å². The number of rotatable bonds is 4. The van der Waals surface area contributed by atoms with Gasteiger partial charge in [0.05, 0.1) is 10.8 Å². The molecular weight excluding hydrogens is 282 g/mol. The summed E-state index contributed by atoms with van der Waals surface area (Å²) in [4.78, 5) is 10.5. The number of carbonyl (C=O) groups is 1. The van der Waals surface area contributed by atoms with Crippen LogP contribution in [-0.2, 0) is 11.3 Å². The molecule has 0 saturated heterocycles. The van der Waals surface area contributed by atoms with Crippen LogP contribution in [0.15, 0.2) is 18.2 Å². The maximum atomic E-state index is 10.5. The second-order valence-corrected chi connectivity index (χ2v) is 5.34. The Morgan fingerprint density at radius 3 is 2.29 bits per heavy atom. The zero-order valence-electron chi connectivity index (χ0n) is 9.54. The van der Waals surface area contributed by atoms with Crippen LogP contribution in [0, 0.1) is 0 Å². The highest BCUT2D eigenvalue weighted by Crippen LogP contribution is 2.31. The van der Waals surface area contributed by atoms with E-state index in [1.807, 2.05) is 32.0 Å². The number of alkyl halides is 2. The molecule has 0 heterocycles. The topological polar surface area (TPSA) is 26.3 Å². The predicted molar refractivity (Wildman–Crippen MR) is 71.0 cm³/mol. The van der Waals surface area contributed by atoms with Gasteiger partial charge in [-0.3, -0.25) is 0 Å². The molecule has 0 saturated carbocycles. The number of hydrogen-bond donors (Lipinski definition) is 0. The first-order valence-electron chi connectivity index (χ1n) is 5.15. The summed E-state index contributed by atoms with van der Waals surface area (Å²) in [5.41, 5.74) is 1.94. The lowest BCUT2D eigenvalue weighted by Crippen LogP contribution is -2.00. The van der Waals surface area contributed by atoms with Gasteiger partial charge in [-0.1, -0.05) is 18.2 Å². The molecule has 0 fully saturated rings. The zero-order valence-corrected chi connectivity index (χ0v) is 11.8. The van der Waals surface area contributed by atoms with Crippen molar-refractivity contribution in [2.24, 2.45) is 0 Å². The van der Waals surface area contributed by atoms with Crippen molar-refractivity contribution in [2.75, 3.05) is 0 Å². The minimum atomic E-state index is -0.819. The van der Waals surface area contributed by atoms with E-state index in [0.717, 1.165) is 16.7 Å². The van der Waals surface area contributed by atoms with Crippen LogP contribution in [0.4, 0.5) is 4.79 Å². The van der Waals surface area contributed by atoms with Crippen LogP contribution in [0.3, 0.4) is 0 Å². The van der Waals surface area contributed by atoms with E-state index in [4.69, 9.17) is 39.5 Å². The smallest absolute Gasteiger partial charge is 0.404 e. The highest BCUT2D eigenvalue weighted by molar-refractivity contribution is 6.61. The number of carbonyl (C=O) groups excluding carboxylic acids is 1. The first-order chi connectivity index (χ1) is 7.91. The van der Waals surface area contributed by atoms with E-state index in [-0.39, 0.29) is 17.4 Å². The predicted octanol–water partition coefficient (Wildman–Crippen LogP) is 5.16. The van der Waals surface area contributed by atoms with Crippen LogP contribution in [0.5, 0.6) is 0 Å². The van der Waals surface area contributed by atoms with E-state index >= 15 is 0 Å². The molecule has 17 heavy (non-hydrogen) atoms. The summed E-state index contributed by atoms with van der Waals surface area (Å²) in [6.07, 6.45) is 0. The quantitative estimate of drug-likeness (QED) is 0.566. The Kier molecular flexibility index (Phi) is 5.57. The first kappa shape index (κ1) is 14.6. The summed E-state index contributed by atoms with van der Waals surface area (Å²) in [7, 11) is 0. The van der Waals surface area contributed by atoms with Crippen LogP contribution in [0.1, 0.15) is 41.3 Å². The summed E-state index contributed by atoms with van der Waals surface area (Å²) in [6, 6.07) is 5.62. The average molecular weight is 296 g/mol. The second-order valence-electron chi connectivity index (χ2n) is 3.72. The van der Waals surface area contributed by atoms with Gasteiger partial charge >= 0.3 is 5.43 Å². The van der Waals surface area contributed by atoms with Crippen molar-refractivity contribution in [1.29, 1.82) is 0 Å². The Balaban J connectivity index is 2.97. The van der Waals surface area contributed by atoms with E-state index in [1.165, 1.54) is 0 Å². The minimum absolute atomic E-state index is 0.115. The summed E-state index contributed by atoms with van der Waals surface area (Å²) in [6.45, 7) is 3.89. The summed E-state index contributed by atoms with van der Waals surface area (Å²) in [5.74, 6) is 0. The van der Waals surface area contributed by atoms with E-state index < -0.39 is 5.43 Å². The fourth-order valence-electron chi connectivity index (χ4n) is 1.56. The third-order valence-corrected chi connectivity index (χ3v) is 2.94. The van der Waals surface area contributed by atoms with Crippen LogP contribution < -0.4 is 0 Å². The standard InChI is InChI=1S/C12H13Cl3O2/c1-7(13)10-4-3-9(6-17-12(15)16)5-11(10)8(2)14/h3-5,7-8H,6H2,1-2H3. The van der Waals surface area contributed by atoms with Gasteiger partial charge in [0.2, 0.25) is 0 Å². The Morgan fingerprint density at radius 2 is 1.82 bits per heavy atom. The highest BCUT2D eigenvalue weighted by atomic mass is 35.5. The van der Waals surface area contributed by atoms with E-state index in [9.17, 15) is 4.79 Å². The molecule has 0 aromatic heterocycles. The molecule has 2 nitrogen and oxygen atoms in total. The van der Waals surface area contributed by atoms with E-state index in [2.05, 4.69) is 0 Å². The average Bonchev–Trinajstić information content (AvgIpc) is 2.25. The summed E-state index contributed by atoms with van der Waals surface area (Å²) < 4.78 is 4.71. The maximum absolute atomic E-state index is 10.5. The molecule has 0 aliphatic heterocycles. The Bertz CT molecular complexity index is 403. The molecule has 0 bridgehead atoms. The molecule has 0 radical (unpaired) electrons. The third-order valence-electron chi connectivity index (χ3n) is 2.36. The largest absolute Gasteiger partial charge is 0.449 e. The molecule has 0 aliphatic rings. The van der Waals surface area contributed by atoms with Gasteiger partial charge < -0.3 is 4.74 Å². The fourth-order valence-corrected chi connectivity index (χ4v) is 2.00. The van der Waals surface area contributed by atoms with Gasteiger partial charge in [0.25, 0.3) is 0 Å². The van der Waals surface area contributed by atoms with Crippen molar-refractivity contribution in [3.05, 3.63) is 34.9 Å². The molecule has 5 heteroatoms.